The van der Waals surface area contributed by atoms with Gasteiger partial charge in [0.15, 0.2) is 0 Å². The van der Waals surface area contributed by atoms with Gasteiger partial charge in [-0.1, -0.05) is 20.8 Å². The summed E-state index contributed by atoms with van der Waals surface area (Å²) in [5.74, 6) is 0.311. The molecule has 1 heterocycles. The van der Waals surface area contributed by atoms with Crippen LogP contribution in [-0.4, -0.2) is 73.7 Å². The predicted molar refractivity (Wildman–Crippen MR) is 93.5 cm³/mol. The molecule has 0 aromatic heterocycles. The molecule has 0 spiro atoms. The first kappa shape index (κ1) is 18.7. The van der Waals surface area contributed by atoms with E-state index in [2.05, 4.69) is 37.9 Å². The van der Waals surface area contributed by atoms with E-state index in [0.29, 0.717) is 24.5 Å². The van der Waals surface area contributed by atoms with Gasteiger partial charge in [-0.25, -0.2) is 0 Å². The van der Waals surface area contributed by atoms with E-state index in [4.69, 9.17) is 4.74 Å². The van der Waals surface area contributed by atoms with Crippen molar-refractivity contribution in [2.75, 3.05) is 45.9 Å². The smallest absolute Gasteiger partial charge is 0.223 e. The fraction of sp³-hybridized carbons (Fsp3) is 0.944. The number of ether oxygens (including phenoxy) is 1. The normalized spacial score (nSPS) is 27.1. The molecule has 1 aliphatic heterocycles. The van der Waals surface area contributed by atoms with Crippen molar-refractivity contribution in [3.05, 3.63) is 0 Å². The summed E-state index contributed by atoms with van der Waals surface area (Å²) in [7, 11) is 0. The molecule has 0 bridgehead atoms. The van der Waals surface area contributed by atoms with Crippen LogP contribution in [0.2, 0.25) is 0 Å². The molecule has 1 saturated heterocycles. The Balaban J connectivity index is 1.85. The number of nitrogens with one attached hydrogen (secondary N) is 1. The third-order valence-electron chi connectivity index (χ3n) is 5.53. The Morgan fingerprint density at radius 1 is 1.26 bits per heavy atom. The molecule has 1 saturated carbocycles. The molecule has 134 valence electrons. The van der Waals surface area contributed by atoms with Crippen LogP contribution in [0, 0.1) is 5.41 Å². The molecule has 2 unspecified atom stereocenters. The standard InChI is InChI=1S/C18H35N3O2/c1-5-10-20(15-14-16(23-6-2)18(15,3)4)11-7-17(22)21-12-8-19-9-13-21/h15-16,19H,5-14H2,1-4H3. The summed E-state index contributed by atoms with van der Waals surface area (Å²) in [4.78, 5) is 16.9. The molecule has 0 aromatic rings. The number of nitrogens with zero attached hydrogens (tertiary/aromatic N) is 2. The van der Waals surface area contributed by atoms with Gasteiger partial charge in [-0.15, -0.1) is 0 Å². The van der Waals surface area contributed by atoms with Crippen molar-refractivity contribution in [1.29, 1.82) is 0 Å². The molecule has 1 aliphatic carbocycles. The van der Waals surface area contributed by atoms with Crippen molar-refractivity contribution in [2.24, 2.45) is 5.41 Å². The zero-order valence-corrected chi connectivity index (χ0v) is 15.4. The molecular weight excluding hydrogens is 290 g/mol. The highest BCUT2D eigenvalue weighted by atomic mass is 16.5. The van der Waals surface area contributed by atoms with E-state index >= 15 is 0 Å². The highest BCUT2D eigenvalue weighted by Gasteiger charge is 2.51. The summed E-state index contributed by atoms with van der Waals surface area (Å²) in [6.07, 6.45) is 3.24. The monoisotopic (exact) mass is 325 g/mol. The van der Waals surface area contributed by atoms with Gasteiger partial charge in [-0.2, -0.15) is 0 Å². The summed E-state index contributed by atoms with van der Waals surface area (Å²) >= 11 is 0. The number of hydrogen-bond acceptors (Lipinski definition) is 4. The zero-order valence-electron chi connectivity index (χ0n) is 15.4. The second-order valence-corrected chi connectivity index (χ2v) is 7.43. The summed E-state index contributed by atoms with van der Waals surface area (Å²) in [5.41, 5.74) is 0.184. The van der Waals surface area contributed by atoms with Gasteiger partial charge in [0.1, 0.15) is 0 Å². The van der Waals surface area contributed by atoms with Gasteiger partial charge < -0.3 is 15.0 Å². The first-order valence-electron chi connectivity index (χ1n) is 9.34. The predicted octanol–water partition coefficient (Wildman–Crippen LogP) is 1.72. The number of rotatable bonds is 8. The van der Waals surface area contributed by atoms with E-state index in [1.54, 1.807) is 0 Å². The zero-order chi connectivity index (χ0) is 16.9. The molecule has 1 N–H and O–H groups in total. The third kappa shape index (κ3) is 4.46. The summed E-state index contributed by atoms with van der Waals surface area (Å²) < 4.78 is 5.86. The van der Waals surface area contributed by atoms with E-state index in [-0.39, 0.29) is 5.41 Å². The van der Waals surface area contributed by atoms with Crippen LogP contribution >= 0.6 is 0 Å². The van der Waals surface area contributed by atoms with Crippen molar-refractivity contribution in [2.45, 2.75) is 59.1 Å². The number of amides is 1. The quantitative estimate of drug-likeness (QED) is 0.738. The molecule has 2 fully saturated rings. The second kappa shape index (κ2) is 8.45. The van der Waals surface area contributed by atoms with Crippen LogP contribution in [0.25, 0.3) is 0 Å². The number of hydrogen-bond donors (Lipinski definition) is 1. The van der Waals surface area contributed by atoms with Gasteiger partial charge in [0.25, 0.3) is 0 Å². The maximum absolute atomic E-state index is 12.4. The lowest BCUT2D eigenvalue weighted by Gasteiger charge is -2.56. The average molecular weight is 325 g/mol. The Kier molecular flexibility index (Phi) is 6.86. The molecule has 0 radical (unpaired) electrons. The Bertz CT molecular complexity index is 380. The van der Waals surface area contributed by atoms with Crippen molar-refractivity contribution in [3.63, 3.8) is 0 Å². The second-order valence-electron chi connectivity index (χ2n) is 7.43. The lowest BCUT2D eigenvalue weighted by Crippen LogP contribution is -2.62. The fourth-order valence-electron chi connectivity index (χ4n) is 3.99. The molecule has 1 amide bonds. The van der Waals surface area contributed by atoms with Crippen LogP contribution in [0.15, 0.2) is 0 Å². The van der Waals surface area contributed by atoms with Crippen LogP contribution in [0.1, 0.15) is 47.0 Å². The van der Waals surface area contributed by atoms with Gasteiger partial charge in [0.05, 0.1) is 6.10 Å². The SMILES string of the molecule is CCCN(CCC(=O)N1CCNCC1)C1CC(OCC)C1(C)C. The molecule has 2 atom stereocenters. The molecule has 2 aliphatic rings. The van der Waals surface area contributed by atoms with Crippen LogP contribution in [0.5, 0.6) is 0 Å². The van der Waals surface area contributed by atoms with Crippen LogP contribution < -0.4 is 5.32 Å². The lowest BCUT2D eigenvalue weighted by atomic mass is 9.63. The van der Waals surface area contributed by atoms with Gasteiger partial charge in [-0.05, 0) is 26.3 Å². The lowest BCUT2D eigenvalue weighted by molar-refractivity contribution is -0.152. The molecule has 2 rings (SSSR count). The van der Waals surface area contributed by atoms with Crippen LogP contribution in [0.3, 0.4) is 0 Å². The molecule has 5 nitrogen and oxygen atoms in total. The van der Waals surface area contributed by atoms with Gasteiger partial charge in [0.2, 0.25) is 5.91 Å². The van der Waals surface area contributed by atoms with Crippen LogP contribution in [0.4, 0.5) is 0 Å². The van der Waals surface area contributed by atoms with E-state index in [1.807, 2.05) is 4.90 Å². The fourth-order valence-corrected chi connectivity index (χ4v) is 3.99. The molecular formula is C18H35N3O2. The van der Waals surface area contributed by atoms with Crippen LogP contribution in [-0.2, 0) is 9.53 Å². The van der Waals surface area contributed by atoms with Gasteiger partial charge in [0, 0.05) is 57.2 Å². The Labute approximate surface area is 141 Å². The van der Waals surface area contributed by atoms with Crippen molar-refractivity contribution < 1.29 is 9.53 Å². The maximum Gasteiger partial charge on any atom is 0.223 e. The minimum atomic E-state index is 0.184. The van der Waals surface area contributed by atoms with E-state index < -0.39 is 0 Å². The summed E-state index contributed by atoms with van der Waals surface area (Å²) in [5, 5.41) is 3.30. The number of carbonyl (C=O) groups excluding carboxylic acids is 1. The first-order valence-corrected chi connectivity index (χ1v) is 9.34. The van der Waals surface area contributed by atoms with Crippen molar-refractivity contribution in [1.82, 2.24) is 15.1 Å². The van der Waals surface area contributed by atoms with Crippen molar-refractivity contribution >= 4 is 5.91 Å². The highest BCUT2D eigenvalue weighted by Crippen LogP contribution is 2.45. The topological polar surface area (TPSA) is 44.8 Å². The Hall–Kier alpha value is -0.650. The average Bonchev–Trinajstić information content (AvgIpc) is 2.56. The Morgan fingerprint density at radius 3 is 2.52 bits per heavy atom. The van der Waals surface area contributed by atoms with Crippen molar-refractivity contribution in [3.8, 4) is 0 Å². The van der Waals surface area contributed by atoms with E-state index in [9.17, 15) is 4.79 Å². The van der Waals surface area contributed by atoms with Gasteiger partial charge in [-0.3, -0.25) is 9.69 Å². The molecule has 0 aromatic carbocycles. The summed E-state index contributed by atoms with van der Waals surface area (Å²) in [6.45, 7) is 15.2. The molecule has 5 heteroatoms. The van der Waals surface area contributed by atoms with E-state index in [0.717, 1.165) is 58.7 Å². The largest absolute Gasteiger partial charge is 0.378 e. The first-order chi connectivity index (χ1) is 11.0. The minimum Gasteiger partial charge on any atom is -0.378 e. The summed E-state index contributed by atoms with van der Waals surface area (Å²) in [6, 6.07) is 0.537. The van der Waals surface area contributed by atoms with Gasteiger partial charge >= 0.3 is 0 Å². The highest BCUT2D eigenvalue weighted by molar-refractivity contribution is 5.76. The maximum atomic E-state index is 12.4. The van der Waals surface area contributed by atoms with E-state index in [1.165, 1.54) is 0 Å². The minimum absolute atomic E-state index is 0.184. The number of carbonyl (C=O) groups is 1. The third-order valence-corrected chi connectivity index (χ3v) is 5.53. The molecule has 23 heavy (non-hydrogen) atoms. The Morgan fingerprint density at radius 2 is 1.96 bits per heavy atom. The number of piperazine rings is 1.